The van der Waals surface area contributed by atoms with Crippen molar-refractivity contribution < 1.29 is 4.79 Å². The highest BCUT2D eigenvalue weighted by Gasteiger charge is 2.18. The maximum atomic E-state index is 13.0. The Morgan fingerprint density at radius 3 is 2.58 bits per heavy atom. The molecule has 0 aliphatic heterocycles. The number of carbonyl (C=O) groups excluding carboxylic acids is 1. The monoisotopic (exact) mass is 424 g/mol. The number of benzene rings is 3. The first-order valence-corrected chi connectivity index (χ1v) is 10.1. The molecule has 0 aliphatic carbocycles. The van der Waals surface area contributed by atoms with Gasteiger partial charge in [-0.05, 0) is 23.8 Å². The van der Waals surface area contributed by atoms with E-state index in [1.807, 2.05) is 84.9 Å². The average Bonchev–Trinajstić information content (AvgIpc) is 3.20. The van der Waals surface area contributed by atoms with E-state index >= 15 is 0 Å². The Morgan fingerprint density at radius 1 is 0.968 bits per heavy atom. The summed E-state index contributed by atoms with van der Waals surface area (Å²) >= 11 is 6.27. The molecule has 31 heavy (non-hydrogen) atoms. The number of rotatable bonds is 4. The molecule has 0 aliphatic rings. The molecule has 5 aromatic rings. The molecular formula is C25H17ClN4O. The first-order valence-electron chi connectivity index (χ1n) is 9.75. The molecule has 2 N–H and O–H groups in total. The summed E-state index contributed by atoms with van der Waals surface area (Å²) in [7, 11) is 0. The minimum Gasteiger partial charge on any atom is -0.350 e. The molecular weight excluding hydrogens is 408 g/mol. The number of amides is 1. The Balaban J connectivity index is 1.47. The molecule has 6 heteroatoms. The molecule has 0 saturated heterocycles. The predicted octanol–water partition coefficient (Wildman–Crippen LogP) is 5.80. The van der Waals surface area contributed by atoms with E-state index in [9.17, 15) is 4.79 Å². The van der Waals surface area contributed by atoms with Gasteiger partial charge in [-0.25, -0.2) is 10.4 Å². The van der Waals surface area contributed by atoms with Gasteiger partial charge in [0, 0.05) is 27.4 Å². The van der Waals surface area contributed by atoms with Gasteiger partial charge in [0.25, 0.3) is 5.91 Å². The van der Waals surface area contributed by atoms with Crippen LogP contribution in [0, 0.1) is 0 Å². The quantitative estimate of drug-likeness (QED) is 0.217. The molecule has 0 unspecified atom stereocenters. The van der Waals surface area contributed by atoms with Crippen LogP contribution >= 0.6 is 11.6 Å². The molecule has 0 radical (unpaired) electrons. The summed E-state index contributed by atoms with van der Waals surface area (Å²) in [5, 5.41) is 6.37. The zero-order valence-electron chi connectivity index (χ0n) is 16.3. The maximum absolute atomic E-state index is 13.0. The lowest BCUT2D eigenvalue weighted by Gasteiger charge is -2.05. The highest BCUT2D eigenvalue weighted by Crippen LogP contribution is 2.32. The number of nitrogens with one attached hydrogen (secondary N) is 2. The van der Waals surface area contributed by atoms with Crippen molar-refractivity contribution in [3.63, 3.8) is 0 Å². The van der Waals surface area contributed by atoms with Crippen LogP contribution in [-0.2, 0) is 0 Å². The Bertz CT molecular complexity index is 1440. The van der Waals surface area contributed by atoms with E-state index in [1.165, 1.54) is 6.21 Å². The average molecular weight is 425 g/mol. The Labute approximate surface area is 183 Å². The fourth-order valence-corrected chi connectivity index (χ4v) is 3.83. The van der Waals surface area contributed by atoms with Gasteiger partial charge < -0.3 is 4.98 Å². The van der Waals surface area contributed by atoms with Crippen LogP contribution < -0.4 is 5.43 Å². The van der Waals surface area contributed by atoms with Gasteiger partial charge in [-0.2, -0.15) is 5.10 Å². The third-order valence-corrected chi connectivity index (χ3v) is 5.37. The smallest absolute Gasteiger partial charge is 0.288 e. The van der Waals surface area contributed by atoms with Crippen molar-refractivity contribution in [2.45, 2.75) is 0 Å². The van der Waals surface area contributed by atoms with Gasteiger partial charge in [0.15, 0.2) is 0 Å². The van der Waals surface area contributed by atoms with Crippen LogP contribution in [0.15, 0.2) is 90.0 Å². The van der Waals surface area contributed by atoms with E-state index in [-0.39, 0.29) is 5.91 Å². The summed E-state index contributed by atoms with van der Waals surface area (Å²) in [6.07, 6.45) is 1.50. The van der Waals surface area contributed by atoms with Crippen LogP contribution in [-0.4, -0.2) is 22.1 Å². The molecule has 0 atom stereocenters. The minimum absolute atomic E-state index is 0.326. The van der Waals surface area contributed by atoms with Crippen molar-refractivity contribution in [1.82, 2.24) is 15.4 Å². The number of hydrazone groups is 1. The summed E-state index contributed by atoms with van der Waals surface area (Å²) in [6.45, 7) is 0. The molecule has 0 spiro atoms. The van der Waals surface area contributed by atoms with Crippen LogP contribution in [0.2, 0.25) is 5.15 Å². The molecule has 5 nitrogen and oxygen atoms in total. The number of fused-ring (bicyclic) bond motifs is 2. The van der Waals surface area contributed by atoms with Gasteiger partial charge in [-0.3, -0.25) is 4.79 Å². The van der Waals surface area contributed by atoms with E-state index < -0.39 is 0 Å². The van der Waals surface area contributed by atoms with Gasteiger partial charge in [0.1, 0.15) is 10.8 Å². The third kappa shape index (κ3) is 3.67. The van der Waals surface area contributed by atoms with Crippen molar-refractivity contribution >= 4 is 45.5 Å². The standard InChI is InChI=1S/C25H17ClN4O/c26-24-18(14-17-10-4-6-12-20(17)29-24)15-27-30-25(31)23-22(16-8-2-1-3-9-16)19-11-5-7-13-21(19)28-23/h1-15,28H,(H,30,31)/b27-15+. The second kappa shape index (κ2) is 8.05. The number of aromatic amines is 1. The van der Waals surface area contributed by atoms with Gasteiger partial charge in [-0.15, -0.1) is 0 Å². The fraction of sp³-hybridized carbons (Fsp3) is 0. The number of carbonyl (C=O) groups is 1. The van der Waals surface area contributed by atoms with E-state index in [4.69, 9.17) is 11.6 Å². The second-order valence-corrected chi connectivity index (χ2v) is 7.40. The zero-order chi connectivity index (χ0) is 21.2. The van der Waals surface area contributed by atoms with Gasteiger partial charge >= 0.3 is 0 Å². The second-order valence-electron chi connectivity index (χ2n) is 7.05. The van der Waals surface area contributed by atoms with E-state index in [1.54, 1.807) is 0 Å². The molecule has 150 valence electrons. The SMILES string of the molecule is O=C(N/N=C/c1cc2ccccc2nc1Cl)c1[nH]c2ccccc2c1-c1ccccc1. The van der Waals surface area contributed by atoms with E-state index in [0.29, 0.717) is 16.4 Å². The minimum atomic E-state index is -0.337. The van der Waals surface area contributed by atoms with Crippen LogP contribution in [0.1, 0.15) is 16.1 Å². The fourth-order valence-electron chi connectivity index (χ4n) is 3.63. The summed E-state index contributed by atoms with van der Waals surface area (Å²) in [6, 6.07) is 27.2. The van der Waals surface area contributed by atoms with Crippen molar-refractivity contribution in [1.29, 1.82) is 0 Å². The lowest BCUT2D eigenvalue weighted by molar-refractivity contribution is 0.0951. The van der Waals surface area contributed by atoms with Gasteiger partial charge in [0.05, 0.1) is 11.7 Å². The zero-order valence-corrected chi connectivity index (χ0v) is 17.1. The van der Waals surface area contributed by atoms with Crippen LogP contribution in [0.25, 0.3) is 32.9 Å². The number of hydrogen-bond donors (Lipinski definition) is 2. The molecule has 2 aromatic heterocycles. The maximum Gasteiger partial charge on any atom is 0.288 e. The number of aromatic nitrogens is 2. The highest BCUT2D eigenvalue weighted by atomic mass is 35.5. The molecule has 5 rings (SSSR count). The number of pyridine rings is 1. The third-order valence-electron chi connectivity index (χ3n) is 5.07. The molecule has 1 amide bonds. The largest absolute Gasteiger partial charge is 0.350 e. The molecule has 0 bridgehead atoms. The highest BCUT2D eigenvalue weighted by molar-refractivity contribution is 6.32. The normalized spacial score (nSPS) is 11.4. The van der Waals surface area contributed by atoms with Crippen LogP contribution in [0.4, 0.5) is 0 Å². The summed E-state index contributed by atoms with van der Waals surface area (Å²) in [5.74, 6) is -0.337. The van der Waals surface area contributed by atoms with Gasteiger partial charge in [-0.1, -0.05) is 78.3 Å². The topological polar surface area (TPSA) is 70.1 Å². The Kier molecular flexibility index (Phi) is 4.94. The summed E-state index contributed by atoms with van der Waals surface area (Å²) < 4.78 is 0. The van der Waals surface area contributed by atoms with Gasteiger partial charge in [0.2, 0.25) is 0 Å². The lowest BCUT2D eigenvalue weighted by Crippen LogP contribution is -2.19. The van der Waals surface area contributed by atoms with Crippen molar-refractivity contribution in [3.05, 3.63) is 101 Å². The van der Waals surface area contributed by atoms with Crippen LogP contribution in [0.3, 0.4) is 0 Å². The van der Waals surface area contributed by atoms with Crippen LogP contribution in [0.5, 0.6) is 0 Å². The molecule has 3 aromatic carbocycles. The molecule has 0 saturated carbocycles. The summed E-state index contributed by atoms with van der Waals surface area (Å²) in [5.41, 5.74) is 7.17. The first-order chi connectivity index (χ1) is 15.2. The molecule has 0 fully saturated rings. The summed E-state index contributed by atoms with van der Waals surface area (Å²) in [4.78, 5) is 20.6. The number of hydrogen-bond acceptors (Lipinski definition) is 3. The Morgan fingerprint density at radius 2 is 1.71 bits per heavy atom. The van der Waals surface area contributed by atoms with E-state index in [2.05, 4.69) is 20.5 Å². The van der Waals surface area contributed by atoms with Crippen molar-refractivity contribution in [2.75, 3.05) is 0 Å². The number of para-hydroxylation sites is 2. The first kappa shape index (κ1) is 19.0. The predicted molar refractivity (Wildman–Crippen MR) is 126 cm³/mol. The lowest BCUT2D eigenvalue weighted by atomic mass is 10.0. The van der Waals surface area contributed by atoms with Crippen molar-refractivity contribution in [2.24, 2.45) is 5.10 Å². The number of halogens is 1. The number of H-pyrrole nitrogens is 1. The van der Waals surface area contributed by atoms with Crippen molar-refractivity contribution in [3.8, 4) is 11.1 Å². The molecule has 2 heterocycles. The Hall–Kier alpha value is -3.96. The number of nitrogens with zero attached hydrogens (tertiary/aromatic N) is 2. The van der Waals surface area contributed by atoms with E-state index in [0.717, 1.165) is 32.9 Å².